The molecule has 2 aromatic heterocycles. The van der Waals surface area contributed by atoms with Crippen molar-refractivity contribution in [3.8, 4) is 11.4 Å². The van der Waals surface area contributed by atoms with Crippen molar-refractivity contribution in [2.75, 3.05) is 30.8 Å². The minimum atomic E-state index is -0.178. The van der Waals surface area contributed by atoms with E-state index in [9.17, 15) is 4.79 Å². The Morgan fingerprint density at radius 3 is 2.59 bits per heavy atom. The molecule has 0 spiro atoms. The fourth-order valence-corrected chi connectivity index (χ4v) is 4.36. The molecule has 0 atom stereocenters. The lowest BCUT2D eigenvalue weighted by Gasteiger charge is -2.30. The molecule has 5 rings (SSSR count). The molecule has 0 radical (unpaired) electrons. The van der Waals surface area contributed by atoms with Gasteiger partial charge in [-0.05, 0) is 75.8 Å². The first-order valence-electron chi connectivity index (χ1n) is 11.1. The van der Waals surface area contributed by atoms with Crippen molar-refractivity contribution < 1.29 is 4.79 Å². The van der Waals surface area contributed by atoms with Crippen LogP contribution in [0.3, 0.4) is 0 Å². The number of hydrogen-bond acceptors (Lipinski definition) is 4. The number of nitrogens with one attached hydrogen (secondary N) is 4. The molecule has 1 aliphatic heterocycles. The quantitative estimate of drug-likeness (QED) is 0.373. The van der Waals surface area contributed by atoms with Crippen molar-refractivity contribution in [1.82, 2.24) is 20.1 Å². The fraction of sp³-hybridized carbons (Fsp3) is 0.280. The van der Waals surface area contributed by atoms with Gasteiger partial charge in [-0.2, -0.15) is 5.10 Å². The number of benzene rings is 2. The van der Waals surface area contributed by atoms with Gasteiger partial charge in [0.15, 0.2) is 5.82 Å². The number of likely N-dealkylation sites (tertiary alicyclic amines) is 1. The van der Waals surface area contributed by atoms with Crippen LogP contribution in [0.25, 0.3) is 22.3 Å². The first-order chi connectivity index (χ1) is 15.6. The minimum Gasteiger partial charge on any atom is -0.382 e. The van der Waals surface area contributed by atoms with Crippen LogP contribution in [0.5, 0.6) is 0 Å². The molecule has 1 saturated heterocycles. The monoisotopic (exact) mass is 428 g/mol. The van der Waals surface area contributed by atoms with Crippen LogP contribution >= 0.6 is 0 Å². The fourth-order valence-electron chi connectivity index (χ4n) is 4.36. The van der Waals surface area contributed by atoms with E-state index in [1.165, 1.54) is 5.39 Å². The molecule has 7 nitrogen and oxygen atoms in total. The summed E-state index contributed by atoms with van der Waals surface area (Å²) >= 11 is 0. The SMILES string of the molecule is Cc1c(-c2cc(NC(=O)c3ccc(NC4CCN(C)CC4)cc3)n[nH]2)[nH]c2ccccc12. The lowest BCUT2D eigenvalue weighted by molar-refractivity contribution is 0.102. The number of aromatic nitrogens is 3. The summed E-state index contributed by atoms with van der Waals surface area (Å²) in [5.74, 6) is 0.318. The topological polar surface area (TPSA) is 88.8 Å². The van der Waals surface area contributed by atoms with E-state index >= 15 is 0 Å². The Morgan fingerprint density at radius 2 is 1.84 bits per heavy atom. The van der Waals surface area contributed by atoms with E-state index in [1.807, 2.05) is 42.5 Å². The molecule has 1 amide bonds. The number of carbonyl (C=O) groups is 1. The highest BCUT2D eigenvalue weighted by Crippen LogP contribution is 2.29. The van der Waals surface area contributed by atoms with E-state index in [0.717, 1.165) is 54.1 Å². The normalized spacial score (nSPS) is 15.2. The lowest BCUT2D eigenvalue weighted by Crippen LogP contribution is -2.36. The Bertz CT molecular complexity index is 1230. The summed E-state index contributed by atoms with van der Waals surface area (Å²) in [5, 5.41) is 14.9. The van der Waals surface area contributed by atoms with Gasteiger partial charge in [0.25, 0.3) is 5.91 Å². The number of aromatic amines is 2. The van der Waals surface area contributed by atoms with Crippen LogP contribution in [0.15, 0.2) is 54.6 Å². The van der Waals surface area contributed by atoms with Crippen molar-refractivity contribution >= 4 is 28.3 Å². The van der Waals surface area contributed by atoms with Crippen LogP contribution in [-0.4, -0.2) is 52.2 Å². The number of H-pyrrole nitrogens is 2. The van der Waals surface area contributed by atoms with Gasteiger partial charge in [-0.15, -0.1) is 0 Å². The third-order valence-corrected chi connectivity index (χ3v) is 6.29. The summed E-state index contributed by atoms with van der Waals surface area (Å²) in [6.45, 7) is 4.30. The third kappa shape index (κ3) is 4.11. The molecular formula is C25H28N6O. The maximum atomic E-state index is 12.7. The van der Waals surface area contributed by atoms with Crippen molar-refractivity contribution in [3.05, 3.63) is 65.7 Å². The van der Waals surface area contributed by atoms with Gasteiger partial charge in [0.05, 0.1) is 11.4 Å². The zero-order valence-electron chi connectivity index (χ0n) is 18.4. The average molecular weight is 429 g/mol. The molecule has 0 bridgehead atoms. The van der Waals surface area contributed by atoms with E-state index in [2.05, 4.69) is 56.8 Å². The van der Waals surface area contributed by atoms with E-state index < -0.39 is 0 Å². The van der Waals surface area contributed by atoms with Crippen molar-refractivity contribution in [2.24, 2.45) is 0 Å². The molecule has 1 aliphatic rings. The summed E-state index contributed by atoms with van der Waals surface area (Å²) < 4.78 is 0. The van der Waals surface area contributed by atoms with Gasteiger partial charge in [0, 0.05) is 34.3 Å². The zero-order valence-corrected chi connectivity index (χ0v) is 18.4. The number of carbonyl (C=O) groups excluding carboxylic acids is 1. The summed E-state index contributed by atoms with van der Waals surface area (Å²) in [5.41, 5.74) is 5.69. The van der Waals surface area contributed by atoms with Gasteiger partial charge in [-0.1, -0.05) is 18.2 Å². The molecule has 4 aromatic rings. The number of amides is 1. The molecular weight excluding hydrogens is 400 g/mol. The zero-order chi connectivity index (χ0) is 22.1. The Morgan fingerprint density at radius 1 is 1.09 bits per heavy atom. The number of piperidine rings is 1. The summed E-state index contributed by atoms with van der Waals surface area (Å²) in [6, 6.07) is 18.2. The molecule has 164 valence electrons. The van der Waals surface area contributed by atoms with E-state index in [1.54, 1.807) is 0 Å². The van der Waals surface area contributed by atoms with Gasteiger partial charge < -0.3 is 20.5 Å². The molecule has 3 heterocycles. The van der Waals surface area contributed by atoms with E-state index in [4.69, 9.17) is 0 Å². The second-order valence-corrected chi connectivity index (χ2v) is 8.59. The number of fused-ring (bicyclic) bond motifs is 1. The lowest BCUT2D eigenvalue weighted by atomic mass is 10.0. The van der Waals surface area contributed by atoms with Crippen LogP contribution in [0, 0.1) is 6.92 Å². The van der Waals surface area contributed by atoms with E-state index in [-0.39, 0.29) is 5.91 Å². The number of hydrogen-bond donors (Lipinski definition) is 4. The first kappa shape index (κ1) is 20.3. The smallest absolute Gasteiger partial charge is 0.256 e. The predicted molar refractivity (Wildman–Crippen MR) is 129 cm³/mol. The van der Waals surface area contributed by atoms with Crippen LogP contribution in [-0.2, 0) is 0 Å². The molecule has 4 N–H and O–H groups in total. The number of nitrogens with zero attached hydrogens (tertiary/aromatic N) is 2. The summed E-state index contributed by atoms with van der Waals surface area (Å²) in [4.78, 5) is 18.5. The second-order valence-electron chi connectivity index (χ2n) is 8.59. The van der Waals surface area contributed by atoms with Gasteiger partial charge in [-0.3, -0.25) is 9.89 Å². The Kier molecular flexibility index (Phi) is 5.41. The Hall–Kier alpha value is -3.58. The molecule has 7 heteroatoms. The molecule has 1 fully saturated rings. The second kappa shape index (κ2) is 8.51. The minimum absolute atomic E-state index is 0.178. The maximum absolute atomic E-state index is 12.7. The standard InChI is InChI=1S/C25H28N6O/c1-16-20-5-3-4-6-21(20)27-24(16)22-15-23(30-29-22)28-25(32)17-7-9-18(10-8-17)26-19-11-13-31(2)14-12-19/h3-10,15,19,26-27H,11-14H2,1-2H3,(H2,28,29,30,32). The van der Waals surface area contributed by atoms with Crippen molar-refractivity contribution in [2.45, 2.75) is 25.8 Å². The van der Waals surface area contributed by atoms with Crippen LogP contribution in [0.4, 0.5) is 11.5 Å². The molecule has 2 aromatic carbocycles. The van der Waals surface area contributed by atoms with Gasteiger partial charge in [-0.25, -0.2) is 0 Å². The third-order valence-electron chi connectivity index (χ3n) is 6.29. The Balaban J connectivity index is 1.24. The highest BCUT2D eigenvalue weighted by atomic mass is 16.1. The molecule has 0 aliphatic carbocycles. The first-order valence-corrected chi connectivity index (χ1v) is 11.1. The summed E-state index contributed by atoms with van der Waals surface area (Å²) in [6.07, 6.45) is 2.27. The van der Waals surface area contributed by atoms with Gasteiger partial charge >= 0.3 is 0 Å². The van der Waals surface area contributed by atoms with Gasteiger partial charge in [0.2, 0.25) is 0 Å². The molecule has 32 heavy (non-hydrogen) atoms. The number of rotatable bonds is 5. The predicted octanol–water partition coefficient (Wildman–Crippen LogP) is 4.62. The van der Waals surface area contributed by atoms with Crippen molar-refractivity contribution in [1.29, 1.82) is 0 Å². The van der Waals surface area contributed by atoms with Crippen LogP contribution in [0.1, 0.15) is 28.8 Å². The highest BCUT2D eigenvalue weighted by Gasteiger charge is 2.17. The van der Waals surface area contributed by atoms with Gasteiger partial charge in [0.1, 0.15) is 0 Å². The molecule has 0 unspecified atom stereocenters. The van der Waals surface area contributed by atoms with Crippen LogP contribution < -0.4 is 10.6 Å². The number of aryl methyl sites for hydroxylation is 1. The highest BCUT2D eigenvalue weighted by molar-refractivity contribution is 6.04. The summed E-state index contributed by atoms with van der Waals surface area (Å²) in [7, 11) is 2.16. The number of para-hydroxylation sites is 1. The molecule has 0 saturated carbocycles. The number of anilines is 2. The van der Waals surface area contributed by atoms with E-state index in [0.29, 0.717) is 17.4 Å². The largest absolute Gasteiger partial charge is 0.382 e. The van der Waals surface area contributed by atoms with Crippen molar-refractivity contribution in [3.63, 3.8) is 0 Å². The maximum Gasteiger partial charge on any atom is 0.256 e. The Labute approximate surface area is 187 Å². The average Bonchev–Trinajstić information content (AvgIpc) is 3.40. The van der Waals surface area contributed by atoms with Crippen LogP contribution in [0.2, 0.25) is 0 Å².